The molecule has 23 heavy (non-hydrogen) atoms. The Balaban J connectivity index is 1.66. The van der Waals surface area contributed by atoms with Crippen LogP contribution < -0.4 is 15.0 Å². The van der Waals surface area contributed by atoms with Crippen molar-refractivity contribution >= 4 is 17.5 Å². The average Bonchev–Trinajstić information content (AvgIpc) is 2.58. The van der Waals surface area contributed by atoms with Crippen molar-refractivity contribution in [1.82, 2.24) is 5.32 Å². The number of hydrogen-bond donors (Lipinski definition) is 1. The van der Waals surface area contributed by atoms with E-state index in [9.17, 15) is 9.59 Å². The highest BCUT2D eigenvalue weighted by molar-refractivity contribution is 6.03. The third kappa shape index (κ3) is 3.38. The number of benzene rings is 1. The fourth-order valence-electron chi connectivity index (χ4n) is 3.05. The molecule has 0 saturated heterocycles. The molecule has 2 amide bonds. The zero-order valence-electron chi connectivity index (χ0n) is 13.4. The van der Waals surface area contributed by atoms with Gasteiger partial charge in [-0.15, -0.1) is 0 Å². The van der Waals surface area contributed by atoms with Gasteiger partial charge in [0.2, 0.25) is 0 Å². The number of likely N-dealkylation sites (N-methyl/N-ethyl adjacent to an activating group) is 1. The van der Waals surface area contributed by atoms with E-state index in [4.69, 9.17) is 4.74 Å². The van der Waals surface area contributed by atoms with Crippen LogP contribution in [0.3, 0.4) is 0 Å². The molecule has 0 saturated carbocycles. The Morgan fingerprint density at radius 3 is 3.00 bits per heavy atom. The minimum Gasteiger partial charge on any atom is -0.481 e. The van der Waals surface area contributed by atoms with E-state index in [0.29, 0.717) is 23.5 Å². The molecule has 0 atom stereocenters. The van der Waals surface area contributed by atoms with E-state index in [-0.39, 0.29) is 18.4 Å². The van der Waals surface area contributed by atoms with Crippen LogP contribution in [0.5, 0.6) is 5.75 Å². The summed E-state index contributed by atoms with van der Waals surface area (Å²) >= 11 is 0. The number of nitrogens with one attached hydrogen (secondary N) is 1. The molecule has 0 fully saturated rings. The highest BCUT2D eigenvalue weighted by Gasteiger charge is 2.26. The van der Waals surface area contributed by atoms with E-state index >= 15 is 0 Å². The van der Waals surface area contributed by atoms with Crippen LogP contribution >= 0.6 is 0 Å². The first-order chi connectivity index (χ1) is 11.2. The smallest absolute Gasteiger partial charge is 0.264 e. The van der Waals surface area contributed by atoms with Crippen LogP contribution in [0.25, 0.3) is 0 Å². The monoisotopic (exact) mass is 314 g/mol. The lowest BCUT2D eigenvalue weighted by Crippen LogP contribution is -2.36. The van der Waals surface area contributed by atoms with Crippen LogP contribution in [-0.2, 0) is 4.79 Å². The SMILES string of the molecule is CN1C(=O)COc2c(C(=O)NCCC3=CCCCC3)cccc21. The van der Waals surface area contributed by atoms with E-state index in [1.807, 2.05) is 0 Å². The Hall–Kier alpha value is -2.30. The van der Waals surface area contributed by atoms with E-state index in [1.165, 1.54) is 23.3 Å². The maximum atomic E-state index is 12.4. The van der Waals surface area contributed by atoms with E-state index in [1.54, 1.807) is 25.2 Å². The van der Waals surface area contributed by atoms with Crippen LogP contribution in [0, 0.1) is 0 Å². The lowest BCUT2D eigenvalue weighted by molar-refractivity contribution is -0.121. The van der Waals surface area contributed by atoms with E-state index in [2.05, 4.69) is 11.4 Å². The molecule has 0 aromatic heterocycles. The number of carbonyl (C=O) groups is 2. The molecule has 0 spiro atoms. The molecule has 2 aliphatic rings. The second-order valence-electron chi connectivity index (χ2n) is 6.01. The first kappa shape index (κ1) is 15.6. The van der Waals surface area contributed by atoms with Gasteiger partial charge in [0.05, 0.1) is 11.3 Å². The fourth-order valence-corrected chi connectivity index (χ4v) is 3.05. The molecule has 1 aromatic rings. The molecule has 0 bridgehead atoms. The standard InChI is InChI=1S/C18H22N2O3/c1-20-15-9-5-8-14(17(15)23-12-16(20)21)18(22)19-11-10-13-6-3-2-4-7-13/h5-6,8-9H,2-4,7,10-12H2,1H3,(H,19,22). The van der Waals surface area contributed by atoms with Crippen molar-refractivity contribution < 1.29 is 14.3 Å². The molecular weight excluding hydrogens is 292 g/mol. The molecule has 0 radical (unpaired) electrons. The topological polar surface area (TPSA) is 58.6 Å². The molecule has 0 unspecified atom stereocenters. The summed E-state index contributed by atoms with van der Waals surface area (Å²) in [7, 11) is 1.70. The molecule has 5 nitrogen and oxygen atoms in total. The summed E-state index contributed by atoms with van der Waals surface area (Å²) < 4.78 is 5.49. The number of ether oxygens (including phenoxy) is 1. The molecule has 1 heterocycles. The summed E-state index contributed by atoms with van der Waals surface area (Å²) in [5.41, 5.74) is 2.57. The van der Waals surface area contributed by atoms with Gasteiger partial charge in [-0.05, 0) is 44.2 Å². The van der Waals surface area contributed by atoms with E-state index in [0.717, 1.165) is 19.3 Å². The van der Waals surface area contributed by atoms with Gasteiger partial charge < -0.3 is 15.0 Å². The van der Waals surface area contributed by atoms with Crippen molar-refractivity contribution in [3.63, 3.8) is 0 Å². The van der Waals surface area contributed by atoms with Gasteiger partial charge in [0, 0.05) is 13.6 Å². The van der Waals surface area contributed by atoms with Crippen LogP contribution in [0.4, 0.5) is 5.69 Å². The average molecular weight is 314 g/mol. The third-order valence-corrected chi connectivity index (χ3v) is 4.43. The second-order valence-corrected chi connectivity index (χ2v) is 6.01. The quantitative estimate of drug-likeness (QED) is 0.869. The number of anilines is 1. The highest BCUT2D eigenvalue weighted by Crippen LogP contribution is 2.34. The third-order valence-electron chi connectivity index (χ3n) is 4.43. The second kappa shape index (κ2) is 6.86. The zero-order valence-corrected chi connectivity index (χ0v) is 13.4. The van der Waals surface area contributed by atoms with Crippen LogP contribution in [0.2, 0.25) is 0 Å². The van der Waals surface area contributed by atoms with Gasteiger partial charge in [-0.25, -0.2) is 0 Å². The molecule has 1 N–H and O–H groups in total. The predicted octanol–water partition coefficient (Wildman–Crippen LogP) is 2.66. The summed E-state index contributed by atoms with van der Waals surface area (Å²) in [6.07, 6.45) is 8.02. The summed E-state index contributed by atoms with van der Waals surface area (Å²) in [4.78, 5) is 25.6. The summed E-state index contributed by atoms with van der Waals surface area (Å²) in [5, 5.41) is 2.96. The summed E-state index contributed by atoms with van der Waals surface area (Å²) in [6.45, 7) is 0.601. The van der Waals surface area contributed by atoms with Crippen molar-refractivity contribution in [2.24, 2.45) is 0 Å². The van der Waals surface area contributed by atoms with Crippen molar-refractivity contribution in [3.8, 4) is 5.75 Å². The van der Waals surface area contributed by atoms with Crippen molar-refractivity contribution in [1.29, 1.82) is 0 Å². The number of rotatable bonds is 4. The van der Waals surface area contributed by atoms with Gasteiger partial charge in [-0.3, -0.25) is 9.59 Å². The molecule has 5 heteroatoms. The molecule has 1 aromatic carbocycles. The van der Waals surface area contributed by atoms with Crippen LogP contribution in [0.15, 0.2) is 29.8 Å². The van der Waals surface area contributed by atoms with Gasteiger partial charge in [0.1, 0.15) is 0 Å². The number of fused-ring (bicyclic) bond motifs is 1. The van der Waals surface area contributed by atoms with Gasteiger partial charge in [-0.2, -0.15) is 0 Å². The summed E-state index contributed by atoms with van der Waals surface area (Å²) in [5.74, 6) is 0.226. The Kier molecular flexibility index (Phi) is 4.65. The number of amides is 2. The Morgan fingerprint density at radius 2 is 2.22 bits per heavy atom. The molecular formula is C18H22N2O3. The number of nitrogens with zero attached hydrogens (tertiary/aromatic N) is 1. The lowest BCUT2D eigenvalue weighted by Gasteiger charge is -2.27. The number of allylic oxidation sites excluding steroid dienone is 1. The van der Waals surface area contributed by atoms with Gasteiger partial charge in [0.15, 0.2) is 12.4 Å². The highest BCUT2D eigenvalue weighted by atomic mass is 16.5. The minimum absolute atomic E-state index is 0.0271. The van der Waals surface area contributed by atoms with Crippen molar-refractivity contribution in [3.05, 3.63) is 35.4 Å². The normalized spacial score (nSPS) is 17.2. The maximum absolute atomic E-state index is 12.4. The minimum atomic E-state index is -0.152. The number of para-hydroxylation sites is 1. The Labute approximate surface area is 136 Å². The number of carbonyl (C=O) groups excluding carboxylic acids is 2. The Bertz CT molecular complexity index is 652. The molecule has 1 aliphatic carbocycles. The Morgan fingerprint density at radius 1 is 1.35 bits per heavy atom. The van der Waals surface area contributed by atoms with Gasteiger partial charge in [-0.1, -0.05) is 17.7 Å². The first-order valence-electron chi connectivity index (χ1n) is 8.15. The van der Waals surface area contributed by atoms with Crippen molar-refractivity contribution in [2.45, 2.75) is 32.1 Å². The first-order valence-corrected chi connectivity index (χ1v) is 8.15. The van der Waals surface area contributed by atoms with E-state index < -0.39 is 0 Å². The van der Waals surface area contributed by atoms with Crippen molar-refractivity contribution in [2.75, 3.05) is 25.1 Å². The lowest BCUT2D eigenvalue weighted by atomic mass is 9.97. The molecule has 3 rings (SSSR count). The summed E-state index contributed by atoms with van der Waals surface area (Å²) in [6, 6.07) is 5.30. The van der Waals surface area contributed by atoms with Gasteiger partial charge >= 0.3 is 0 Å². The number of hydrogen-bond acceptors (Lipinski definition) is 3. The zero-order chi connectivity index (χ0) is 16.2. The van der Waals surface area contributed by atoms with Crippen LogP contribution in [-0.4, -0.2) is 32.0 Å². The largest absolute Gasteiger partial charge is 0.481 e. The maximum Gasteiger partial charge on any atom is 0.264 e. The van der Waals surface area contributed by atoms with Crippen LogP contribution in [0.1, 0.15) is 42.5 Å². The fraction of sp³-hybridized carbons (Fsp3) is 0.444. The molecule has 1 aliphatic heterocycles. The van der Waals surface area contributed by atoms with Gasteiger partial charge in [0.25, 0.3) is 11.8 Å². The predicted molar refractivity (Wildman–Crippen MR) is 88.8 cm³/mol. The molecule has 122 valence electrons.